The van der Waals surface area contributed by atoms with Crippen molar-refractivity contribution in [1.29, 1.82) is 0 Å². The van der Waals surface area contributed by atoms with E-state index in [9.17, 15) is 18.0 Å². The van der Waals surface area contributed by atoms with E-state index in [4.69, 9.17) is 21.1 Å². The number of hydrogen-bond donors (Lipinski definition) is 0. The molecule has 1 heterocycles. The summed E-state index contributed by atoms with van der Waals surface area (Å²) in [6.45, 7) is 4.99. The minimum absolute atomic E-state index is 0.149. The van der Waals surface area contributed by atoms with Gasteiger partial charge >= 0.3 is 12.1 Å². The largest absolute Gasteiger partial charge is 0.475 e. The highest BCUT2D eigenvalue weighted by Gasteiger charge is 2.49. The van der Waals surface area contributed by atoms with Crippen LogP contribution in [0.3, 0.4) is 0 Å². The van der Waals surface area contributed by atoms with Crippen molar-refractivity contribution in [1.82, 2.24) is 0 Å². The smallest absolute Gasteiger partial charge is 0.430 e. The predicted molar refractivity (Wildman–Crippen MR) is 80.4 cm³/mol. The molecule has 1 aromatic carbocycles. The number of fused-ring (bicyclic) bond motifs is 1. The number of benzene rings is 1. The van der Waals surface area contributed by atoms with Crippen molar-refractivity contribution in [2.45, 2.75) is 45.0 Å². The molecule has 1 aliphatic rings. The second-order valence-electron chi connectivity index (χ2n) is 5.28. The molecule has 0 saturated heterocycles. The lowest BCUT2D eigenvalue weighted by Gasteiger charge is -2.29. The Balaban J connectivity index is 2.56. The van der Waals surface area contributed by atoms with E-state index in [1.54, 1.807) is 12.1 Å². The van der Waals surface area contributed by atoms with Crippen LogP contribution in [0, 0.1) is 6.92 Å². The van der Waals surface area contributed by atoms with Crippen molar-refractivity contribution in [3.05, 3.63) is 34.4 Å². The zero-order valence-corrected chi connectivity index (χ0v) is 13.6. The van der Waals surface area contributed by atoms with Gasteiger partial charge in [0.1, 0.15) is 5.75 Å². The van der Waals surface area contributed by atoms with Crippen LogP contribution in [-0.4, -0.2) is 23.8 Å². The third-order valence-electron chi connectivity index (χ3n) is 3.35. The molecule has 23 heavy (non-hydrogen) atoms. The van der Waals surface area contributed by atoms with Crippen molar-refractivity contribution in [2.75, 3.05) is 0 Å². The first-order chi connectivity index (χ1) is 10.6. The summed E-state index contributed by atoms with van der Waals surface area (Å²) < 4.78 is 49.7. The summed E-state index contributed by atoms with van der Waals surface area (Å²) in [5.74, 6) is -0.990. The molecule has 2 atom stereocenters. The van der Waals surface area contributed by atoms with Crippen LogP contribution in [-0.2, 0) is 16.0 Å². The summed E-state index contributed by atoms with van der Waals surface area (Å²) in [5, 5.41) is 0. The van der Waals surface area contributed by atoms with Gasteiger partial charge in [-0.3, -0.25) is 0 Å². The topological polar surface area (TPSA) is 35.5 Å². The van der Waals surface area contributed by atoms with Gasteiger partial charge < -0.3 is 9.47 Å². The van der Waals surface area contributed by atoms with E-state index in [1.165, 1.54) is 13.0 Å². The number of aryl methyl sites for hydroxylation is 2. The van der Waals surface area contributed by atoms with E-state index < -0.39 is 29.4 Å². The summed E-state index contributed by atoms with van der Waals surface area (Å²) in [4.78, 5) is 12.0. The lowest BCUT2D eigenvalue weighted by molar-refractivity contribution is -0.188. The maximum atomic E-state index is 13.3. The Morgan fingerprint density at radius 3 is 2.61 bits per heavy atom. The molecule has 0 saturated carbocycles. The first kappa shape index (κ1) is 17.7. The van der Waals surface area contributed by atoms with E-state index >= 15 is 0 Å². The van der Waals surface area contributed by atoms with Crippen molar-refractivity contribution < 1.29 is 27.4 Å². The molecule has 0 bridgehead atoms. The average molecular weight is 349 g/mol. The van der Waals surface area contributed by atoms with Gasteiger partial charge in [-0.2, -0.15) is 13.2 Å². The van der Waals surface area contributed by atoms with Crippen LogP contribution < -0.4 is 4.74 Å². The molecule has 0 spiro atoms. The van der Waals surface area contributed by atoms with Crippen LogP contribution in [0.15, 0.2) is 17.7 Å². The predicted octanol–water partition coefficient (Wildman–Crippen LogP) is 4.39. The number of esters is 1. The van der Waals surface area contributed by atoms with Crippen LogP contribution in [0.5, 0.6) is 5.75 Å². The van der Waals surface area contributed by atoms with Gasteiger partial charge in [0.25, 0.3) is 0 Å². The van der Waals surface area contributed by atoms with Crippen LogP contribution in [0.1, 0.15) is 30.5 Å². The lowest BCUT2D eigenvalue weighted by atomic mass is 9.96. The molecule has 1 aliphatic heterocycles. The fourth-order valence-corrected chi connectivity index (χ4v) is 2.52. The molecule has 0 radical (unpaired) electrons. The SMILES string of the molecule is CCc1cc(C)cc2c1O[C@H](C(F)(F)F)C(C(=O)OC(C)Cl)=C2. The van der Waals surface area contributed by atoms with E-state index in [-0.39, 0.29) is 5.75 Å². The molecular weight excluding hydrogens is 333 g/mol. The summed E-state index contributed by atoms with van der Waals surface area (Å²) >= 11 is 5.53. The molecule has 7 heteroatoms. The number of hydrogen-bond acceptors (Lipinski definition) is 3. The van der Waals surface area contributed by atoms with E-state index in [1.807, 2.05) is 13.8 Å². The molecule has 0 fully saturated rings. The van der Waals surface area contributed by atoms with Crippen molar-refractivity contribution in [3.63, 3.8) is 0 Å². The normalized spacial score (nSPS) is 18.6. The molecule has 0 N–H and O–H groups in total. The molecule has 1 unspecified atom stereocenters. The van der Waals surface area contributed by atoms with Crippen molar-refractivity contribution >= 4 is 23.6 Å². The third kappa shape index (κ3) is 3.80. The van der Waals surface area contributed by atoms with Gasteiger partial charge in [-0.05, 0) is 43.5 Å². The zero-order valence-electron chi connectivity index (χ0n) is 12.8. The maximum absolute atomic E-state index is 13.3. The van der Waals surface area contributed by atoms with Crippen LogP contribution in [0.4, 0.5) is 13.2 Å². The Morgan fingerprint density at radius 2 is 2.09 bits per heavy atom. The molecule has 0 amide bonds. The van der Waals surface area contributed by atoms with Gasteiger partial charge in [0, 0.05) is 5.56 Å². The fourth-order valence-electron chi connectivity index (χ4n) is 2.44. The number of halogens is 4. The standard InChI is InChI=1S/C16H16ClF3O3/c1-4-10-5-8(2)6-11-7-12(15(21)22-9(3)17)14(16(18,19)20)23-13(10)11/h5-7,9,14H,4H2,1-3H3/t9?,14-/m0/s1. The molecule has 126 valence electrons. The Hall–Kier alpha value is -1.69. The van der Waals surface area contributed by atoms with Crippen LogP contribution >= 0.6 is 11.6 Å². The zero-order chi connectivity index (χ0) is 17.4. The first-order valence-electron chi connectivity index (χ1n) is 7.07. The third-order valence-corrected chi connectivity index (χ3v) is 3.44. The van der Waals surface area contributed by atoms with Crippen molar-refractivity contribution in [2.24, 2.45) is 0 Å². The first-order valence-corrected chi connectivity index (χ1v) is 7.50. The van der Waals surface area contributed by atoms with Gasteiger partial charge in [0.15, 0.2) is 5.56 Å². The Bertz CT molecular complexity index is 651. The summed E-state index contributed by atoms with van der Waals surface area (Å²) in [6.07, 6.45) is -5.43. The number of alkyl halides is 4. The molecule has 3 nitrogen and oxygen atoms in total. The fraction of sp³-hybridized carbons (Fsp3) is 0.438. The lowest BCUT2D eigenvalue weighted by Crippen LogP contribution is -2.41. The van der Waals surface area contributed by atoms with Crippen LogP contribution in [0.25, 0.3) is 6.08 Å². The van der Waals surface area contributed by atoms with Gasteiger partial charge in [-0.1, -0.05) is 24.6 Å². The summed E-state index contributed by atoms with van der Waals surface area (Å²) in [5.41, 5.74) is 0.303. The molecule has 0 aromatic heterocycles. The number of ether oxygens (including phenoxy) is 2. The molecule has 2 rings (SSSR count). The van der Waals surface area contributed by atoms with Gasteiger partial charge in [0.05, 0.1) is 5.57 Å². The maximum Gasteiger partial charge on any atom is 0.430 e. The number of carbonyl (C=O) groups is 1. The second-order valence-corrected chi connectivity index (χ2v) is 5.90. The highest BCUT2D eigenvalue weighted by atomic mass is 35.5. The molecule has 1 aromatic rings. The van der Waals surface area contributed by atoms with E-state index in [0.29, 0.717) is 17.5 Å². The van der Waals surface area contributed by atoms with E-state index in [0.717, 1.165) is 5.56 Å². The monoisotopic (exact) mass is 348 g/mol. The minimum Gasteiger partial charge on any atom is -0.475 e. The van der Waals surface area contributed by atoms with Gasteiger partial charge in [-0.25, -0.2) is 4.79 Å². The Morgan fingerprint density at radius 1 is 1.43 bits per heavy atom. The molecular formula is C16H16ClF3O3. The average Bonchev–Trinajstić information content (AvgIpc) is 2.43. The summed E-state index contributed by atoms with van der Waals surface area (Å²) in [7, 11) is 0. The van der Waals surface area contributed by atoms with Crippen molar-refractivity contribution in [3.8, 4) is 5.75 Å². The number of carbonyl (C=O) groups excluding carboxylic acids is 1. The van der Waals surface area contributed by atoms with E-state index in [2.05, 4.69) is 0 Å². The Labute approximate surface area is 137 Å². The van der Waals surface area contributed by atoms with Gasteiger partial charge in [0.2, 0.25) is 6.10 Å². The minimum atomic E-state index is -4.74. The number of rotatable bonds is 3. The van der Waals surface area contributed by atoms with Crippen LogP contribution in [0.2, 0.25) is 0 Å². The second kappa shape index (κ2) is 6.43. The Kier molecular flexibility index (Phi) is 4.94. The summed E-state index contributed by atoms with van der Waals surface area (Å²) in [6, 6.07) is 3.43. The van der Waals surface area contributed by atoms with Gasteiger partial charge in [-0.15, -0.1) is 0 Å². The quantitative estimate of drug-likeness (QED) is 0.600. The molecule has 0 aliphatic carbocycles. The highest BCUT2D eigenvalue weighted by Crippen LogP contribution is 2.40. The highest BCUT2D eigenvalue weighted by molar-refractivity contribution is 6.20.